The highest BCUT2D eigenvalue weighted by molar-refractivity contribution is 7.89. The van der Waals surface area contributed by atoms with Crippen LogP contribution in [0, 0.1) is 0 Å². The van der Waals surface area contributed by atoms with Gasteiger partial charge in [-0.15, -0.1) is 0 Å². The first kappa shape index (κ1) is 18.6. The van der Waals surface area contributed by atoms with Gasteiger partial charge in [-0.3, -0.25) is 0 Å². The first-order valence-electron chi connectivity index (χ1n) is 9.06. The van der Waals surface area contributed by atoms with E-state index in [1.165, 1.54) is 16.8 Å². The standard InChI is InChI=1S/C18H21N5O4S/c1-26-15-8-4-3-7-14(15)18-20-16(21-27-18)11-22-12-17(19-13-22)28(24,25)23-9-5-2-6-10-23/h3-4,7-8,12-13H,2,5-6,9-11H2,1H3. The third kappa shape index (κ3) is 3.65. The molecule has 1 aliphatic rings. The number of benzene rings is 1. The van der Waals surface area contributed by atoms with Crippen molar-refractivity contribution in [2.75, 3.05) is 20.2 Å². The third-order valence-corrected chi connectivity index (χ3v) is 6.44. The van der Waals surface area contributed by atoms with E-state index in [2.05, 4.69) is 15.1 Å². The Morgan fingerprint density at radius 1 is 1.18 bits per heavy atom. The van der Waals surface area contributed by atoms with Gasteiger partial charge < -0.3 is 13.8 Å². The van der Waals surface area contributed by atoms with Crippen molar-refractivity contribution in [3.8, 4) is 17.2 Å². The maximum atomic E-state index is 12.7. The largest absolute Gasteiger partial charge is 0.496 e. The van der Waals surface area contributed by atoms with Crippen molar-refractivity contribution in [3.05, 3.63) is 42.6 Å². The van der Waals surface area contributed by atoms with Gasteiger partial charge in [0, 0.05) is 19.3 Å². The second-order valence-corrected chi connectivity index (χ2v) is 8.45. The van der Waals surface area contributed by atoms with E-state index in [-0.39, 0.29) is 11.6 Å². The molecule has 0 amide bonds. The fourth-order valence-electron chi connectivity index (χ4n) is 3.21. The number of nitrogens with zero attached hydrogens (tertiary/aromatic N) is 5. The Balaban J connectivity index is 1.51. The van der Waals surface area contributed by atoms with Gasteiger partial charge in [-0.2, -0.15) is 9.29 Å². The second-order valence-electron chi connectivity index (χ2n) is 6.57. The quantitative estimate of drug-likeness (QED) is 0.621. The maximum Gasteiger partial charge on any atom is 0.262 e. The molecule has 1 fully saturated rings. The van der Waals surface area contributed by atoms with Crippen LogP contribution in [-0.4, -0.2) is 52.6 Å². The van der Waals surface area contributed by atoms with Crippen molar-refractivity contribution >= 4 is 10.0 Å². The molecule has 0 radical (unpaired) electrons. The summed E-state index contributed by atoms with van der Waals surface area (Å²) >= 11 is 0. The summed E-state index contributed by atoms with van der Waals surface area (Å²) in [5.74, 6) is 1.39. The smallest absolute Gasteiger partial charge is 0.262 e. The van der Waals surface area contributed by atoms with Crippen molar-refractivity contribution < 1.29 is 17.7 Å². The Bertz CT molecular complexity index is 1050. The van der Waals surface area contributed by atoms with Crippen LogP contribution in [0.3, 0.4) is 0 Å². The minimum atomic E-state index is -3.56. The summed E-state index contributed by atoms with van der Waals surface area (Å²) in [5, 5.41) is 4.02. The van der Waals surface area contributed by atoms with E-state index in [9.17, 15) is 8.42 Å². The Morgan fingerprint density at radius 2 is 1.96 bits per heavy atom. The molecule has 0 aliphatic carbocycles. The lowest BCUT2D eigenvalue weighted by molar-refractivity contribution is 0.345. The minimum Gasteiger partial charge on any atom is -0.496 e. The lowest BCUT2D eigenvalue weighted by Crippen LogP contribution is -2.35. The van der Waals surface area contributed by atoms with Gasteiger partial charge in [0.25, 0.3) is 15.9 Å². The molecular formula is C18H21N5O4S. The van der Waals surface area contributed by atoms with Gasteiger partial charge in [0.2, 0.25) is 0 Å². The van der Waals surface area contributed by atoms with Crippen molar-refractivity contribution in [2.45, 2.75) is 30.8 Å². The number of piperidine rings is 1. The molecule has 4 rings (SSSR count). The predicted octanol–water partition coefficient (Wildman–Crippen LogP) is 2.16. The highest BCUT2D eigenvalue weighted by Gasteiger charge is 2.28. The average molecular weight is 403 g/mol. The van der Waals surface area contributed by atoms with Crippen molar-refractivity contribution in [1.29, 1.82) is 0 Å². The van der Waals surface area contributed by atoms with Crippen LogP contribution in [0.2, 0.25) is 0 Å². The Labute approximate surface area is 163 Å². The van der Waals surface area contributed by atoms with Crippen molar-refractivity contribution in [1.82, 2.24) is 24.0 Å². The van der Waals surface area contributed by atoms with Gasteiger partial charge in [0.05, 0.1) is 25.5 Å². The van der Waals surface area contributed by atoms with Crippen LogP contribution in [0.15, 0.2) is 46.3 Å². The van der Waals surface area contributed by atoms with Crippen LogP contribution in [-0.2, 0) is 16.6 Å². The summed E-state index contributed by atoms with van der Waals surface area (Å²) in [4.78, 5) is 8.46. The molecule has 0 bridgehead atoms. The van der Waals surface area contributed by atoms with Gasteiger partial charge >= 0.3 is 0 Å². The van der Waals surface area contributed by atoms with Gasteiger partial charge in [0.1, 0.15) is 5.75 Å². The zero-order chi connectivity index (χ0) is 19.6. The fourth-order valence-corrected chi connectivity index (χ4v) is 4.66. The number of hydrogen-bond acceptors (Lipinski definition) is 7. The summed E-state index contributed by atoms with van der Waals surface area (Å²) in [6, 6.07) is 7.36. The number of ether oxygens (including phenoxy) is 1. The molecule has 9 nitrogen and oxygen atoms in total. The maximum absolute atomic E-state index is 12.7. The Morgan fingerprint density at radius 3 is 2.75 bits per heavy atom. The molecule has 3 aromatic rings. The number of para-hydroxylation sites is 1. The van der Waals surface area contributed by atoms with E-state index >= 15 is 0 Å². The molecule has 28 heavy (non-hydrogen) atoms. The Kier molecular flexibility index (Phi) is 5.14. The summed E-state index contributed by atoms with van der Waals surface area (Å²) in [6.07, 6.45) is 5.80. The number of aromatic nitrogens is 4. The minimum absolute atomic E-state index is 0.0443. The Hall–Kier alpha value is -2.72. The molecule has 0 spiro atoms. The first-order valence-corrected chi connectivity index (χ1v) is 10.5. The van der Waals surface area contributed by atoms with Gasteiger partial charge in [-0.1, -0.05) is 23.7 Å². The molecule has 1 aromatic carbocycles. The van der Waals surface area contributed by atoms with Gasteiger partial charge in [0.15, 0.2) is 10.9 Å². The zero-order valence-electron chi connectivity index (χ0n) is 15.5. The SMILES string of the molecule is COc1ccccc1-c1nc(Cn2cnc(S(=O)(=O)N3CCCCC3)c2)no1. The molecule has 3 heterocycles. The van der Waals surface area contributed by atoms with Crippen LogP contribution in [0.25, 0.3) is 11.5 Å². The lowest BCUT2D eigenvalue weighted by Gasteiger charge is -2.24. The molecule has 0 unspecified atom stereocenters. The van der Waals surface area contributed by atoms with Crippen molar-refractivity contribution in [2.24, 2.45) is 0 Å². The fraction of sp³-hybridized carbons (Fsp3) is 0.389. The van der Waals surface area contributed by atoms with Crippen molar-refractivity contribution in [3.63, 3.8) is 0 Å². The zero-order valence-corrected chi connectivity index (χ0v) is 16.3. The molecule has 2 aromatic heterocycles. The van der Waals surface area contributed by atoms with E-state index in [4.69, 9.17) is 9.26 Å². The number of methoxy groups -OCH3 is 1. The van der Waals surface area contributed by atoms with Crippen LogP contribution in [0.4, 0.5) is 0 Å². The molecule has 1 saturated heterocycles. The van der Waals surface area contributed by atoms with E-state index in [1.807, 2.05) is 24.3 Å². The monoisotopic (exact) mass is 403 g/mol. The molecule has 0 N–H and O–H groups in total. The highest BCUT2D eigenvalue weighted by Crippen LogP contribution is 2.28. The summed E-state index contributed by atoms with van der Waals surface area (Å²) in [6.45, 7) is 1.34. The molecule has 148 valence electrons. The number of hydrogen-bond donors (Lipinski definition) is 0. The van der Waals surface area contributed by atoms with Gasteiger partial charge in [-0.25, -0.2) is 13.4 Å². The molecular weight excluding hydrogens is 382 g/mol. The second kappa shape index (κ2) is 7.72. The van der Waals surface area contributed by atoms with E-state index < -0.39 is 10.0 Å². The van der Waals surface area contributed by atoms with Crippen LogP contribution in [0.1, 0.15) is 25.1 Å². The third-order valence-electron chi connectivity index (χ3n) is 4.66. The molecule has 1 aliphatic heterocycles. The number of imidazole rings is 1. The van der Waals surface area contributed by atoms with Gasteiger partial charge in [-0.05, 0) is 25.0 Å². The topological polar surface area (TPSA) is 103 Å². The summed E-state index contributed by atoms with van der Waals surface area (Å²) in [5.41, 5.74) is 0.697. The normalized spacial score (nSPS) is 15.6. The number of sulfonamides is 1. The van der Waals surface area contributed by atoms with Crippen LogP contribution >= 0.6 is 0 Å². The number of rotatable bonds is 6. The van der Waals surface area contributed by atoms with E-state index in [0.29, 0.717) is 36.1 Å². The van der Waals surface area contributed by atoms with Crippen LogP contribution < -0.4 is 4.74 Å². The molecule has 10 heteroatoms. The first-order chi connectivity index (χ1) is 13.6. The highest BCUT2D eigenvalue weighted by atomic mass is 32.2. The van der Waals surface area contributed by atoms with E-state index in [1.54, 1.807) is 11.7 Å². The summed E-state index contributed by atoms with van der Waals surface area (Å²) in [7, 11) is -1.98. The average Bonchev–Trinajstić information content (AvgIpc) is 3.39. The van der Waals surface area contributed by atoms with E-state index in [0.717, 1.165) is 19.3 Å². The van der Waals surface area contributed by atoms with Crippen LogP contribution in [0.5, 0.6) is 5.75 Å². The molecule has 0 atom stereocenters. The predicted molar refractivity (Wildman–Crippen MR) is 100 cm³/mol. The summed E-state index contributed by atoms with van der Waals surface area (Å²) < 4.78 is 39.2. The lowest BCUT2D eigenvalue weighted by atomic mass is 10.2. The molecule has 0 saturated carbocycles.